The molecule has 0 aliphatic rings. The lowest BCUT2D eigenvalue weighted by atomic mass is 9.93. The molecule has 1 aromatic rings. The zero-order valence-electron chi connectivity index (χ0n) is 8.71. The van der Waals surface area contributed by atoms with Crippen LogP contribution in [-0.2, 0) is 0 Å². The van der Waals surface area contributed by atoms with Gasteiger partial charge in [-0.3, -0.25) is 0 Å². The van der Waals surface area contributed by atoms with Crippen LogP contribution >= 0.6 is 11.3 Å². The number of nitrogens with two attached hydrogens (primary N) is 1. The molecule has 1 nitrogen and oxygen atoms in total. The van der Waals surface area contributed by atoms with Gasteiger partial charge in [-0.05, 0) is 36.1 Å². The smallest absolute Gasteiger partial charge is 0.0458 e. The van der Waals surface area contributed by atoms with E-state index in [2.05, 4.69) is 26.2 Å². The predicted molar refractivity (Wildman–Crippen MR) is 61.2 cm³/mol. The lowest BCUT2D eigenvalue weighted by molar-refractivity contribution is 0.495. The van der Waals surface area contributed by atoms with Crippen molar-refractivity contribution in [2.75, 3.05) is 5.73 Å². The molecule has 1 aromatic heterocycles. The molecule has 2 N–H and O–H groups in total. The quantitative estimate of drug-likeness (QED) is 0.779. The van der Waals surface area contributed by atoms with Gasteiger partial charge in [0.1, 0.15) is 0 Å². The van der Waals surface area contributed by atoms with Crippen LogP contribution in [0.25, 0.3) is 0 Å². The molecule has 74 valence electrons. The van der Waals surface area contributed by atoms with Crippen molar-refractivity contribution >= 4 is 17.0 Å². The van der Waals surface area contributed by atoms with E-state index in [-0.39, 0.29) is 0 Å². The first kappa shape index (κ1) is 10.6. The number of anilines is 1. The highest BCUT2D eigenvalue weighted by Gasteiger charge is 2.14. The topological polar surface area (TPSA) is 26.0 Å². The molecule has 0 aliphatic heterocycles. The molecule has 0 unspecified atom stereocenters. The highest BCUT2D eigenvalue weighted by Crippen LogP contribution is 2.34. The number of hydrogen-bond acceptors (Lipinski definition) is 2. The van der Waals surface area contributed by atoms with Crippen molar-refractivity contribution in [3.05, 3.63) is 16.3 Å². The summed E-state index contributed by atoms with van der Waals surface area (Å²) in [5.41, 5.74) is 6.89. The summed E-state index contributed by atoms with van der Waals surface area (Å²) in [7, 11) is 0. The van der Waals surface area contributed by atoms with Crippen LogP contribution < -0.4 is 5.73 Å². The largest absolute Gasteiger partial charge is 0.398 e. The third-order valence-electron chi connectivity index (χ3n) is 2.35. The van der Waals surface area contributed by atoms with Crippen molar-refractivity contribution in [1.82, 2.24) is 0 Å². The van der Waals surface area contributed by atoms with E-state index in [9.17, 15) is 0 Å². The van der Waals surface area contributed by atoms with Gasteiger partial charge >= 0.3 is 0 Å². The van der Waals surface area contributed by atoms with Gasteiger partial charge in [0, 0.05) is 10.6 Å². The molecular formula is C11H19NS. The van der Waals surface area contributed by atoms with Crippen molar-refractivity contribution in [3.63, 3.8) is 0 Å². The number of thiophene rings is 1. The average molecular weight is 197 g/mol. The Bertz CT molecular complexity index is 252. The van der Waals surface area contributed by atoms with Crippen LogP contribution in [0.5, 0.6) is 0 Å². The highest BCUT2D eigenvalue weighted by atomic mass is 32.1. The standard InChI is InChI=1S/C11H19NS/c1-4-9(7-8(2)3)11-10(12)5-6-13-11/h5-6,8-9H,4,7,12H2,1-3H3/t9-/m0/s1. The van der Waals surface area contributed by atoms with E-state index in [4.69, 9.17) is 5.73 Å². The van der Waals surface area contributed by atoms with Crippen LogP contribution in [0.4, 0.5) is 5.69 Å². The molecule has 0 aliphatic carbocycles. The SMILES string of the molecule is CC[C@@H](CC(C)C)c1sccc1N. The van der Waals surface area contributed by atoms with Crippen LogP contribution in [0.2, 0.25) is 0 Å². The number of rotatable bonds is 4. The minimum absolute atomic E-state index is 0.667. The van der Waals surface area contributed by atoms with Gasteiger partial charge in [0.05, 0.1) is 0 Å². The van der Waals surface area contributed by atoms with Crippen LogP contribution in [0, 0.1) is 5.92 Å². The zero-order chi connectivity index (χ0) is 9.84. The summed E-state index contributed by atoms with van der Waals surface area (Å²) < 4.78 is 0. The summed E-state index contributed by atoms with van der Waals surface area (Å²) >= 11 is 1.80. The lowest BCUT2D eigenvalue weighted by Gasteiger charge is -2.16. The Hall–Kier alpha value is -0.500. The maximum Gasteiger partial charge on any atom is 0.0458 e. The van der Waals surface area contributed by atoms with Crippen molar-refractivity contribution in [1.29, 1.82) is 0 Å². The second-order valence-corrected chi connectivity index (χ2v) is 4.92. The molecule has 0 saturated carbocycles. The van der Waals surface area contributed by atoms with Crippen molar-refractivity contribution in [2.24, 2.45) is 5.92 Å². The summed E-state index contributed by atoms with van der Waals surface area (Å²) in [6, 6.07) is 2.02. The van der Waals surface area contributed by atoms with Gasteiger partial charge in [-0.25, -0.2) is 0 Å². The van der Waals surface area contributed by atoms with Crippen LogP contribution in [0.3, 0.4) is 0 Å². The van der Waals surface area contributed by atoms with E-state index in [0.717, 1.165) is 11.6 Å². The van der Waals surface area contributed by atoms with Gasteiger partial charge in [-0.1, -0.05) is 20.8 Å². The number of hydrogen-bond donors (Lipinski definition) is 1. The molecule has 2 heteroatoms. The Kier molecular flexibility index (Phi) is 3.79. The third kappa shape index (κ3) is 2.73. The summed E-state index contributed by atoms with van der Waals surface area (Å²) in [4.78, 5) is 1.39. The Morgan fingerprint density at radius 1 is 1.46 bits per heavy atom. The molecule has 0 spiro atoms. The highest BCUT2D eigenvalue weighted by molar-refractivity contribution is 7.10. The fourth-order valence-electron chi connectivity index (χ4n) is 1.69. The average Bonchev–Trinajstić information content (AvgIpc) is 2.47. The van der Waals surface area contributed by atoms with E-state index in [1.807, 2.05) is 6.07 Å². The Balaban J connectivity index is 2.72. The van der Waals surface area contributed by atoms with Gasteiger partial charge in [-0.2, -0.15) is 0 Å². The van der Waals surface area contributed by atoms with Gasteiger partial charge < -0.3 is 5.73 Å². The minimum atomic E-state index is 0.667. The molecule has 0 aromatic carbocycles. The Labute approximate surface area is 85.0 Å². The summed E-state index contributed by atoms with van der Waals surface area (Å²) in [5, 5.41) is 2.09. The molecule has 1 heterocycles. The van der Waals surface area contributed by atoms with Gasteiger partial charge in [0.15, 0.2) is 0 Å². The predicted octanol–water partition coefficient (Wildman–Crippen LogP) is 3.87. The second-order valence-electron chi connectivity index (χ2n) is 3.97. The van der Waals surface area contributed by atoms with Gasteiger partial charge in [0.2, 0.25) is 0 Å². The monoisotopic (exact) mass is 197 g/mol. The second kappa shape index (κ2) is 4.66. The minimum Gasteiger partial charge on any atom is -0.398 e. The molecule has 0 saturated heterocycles. The fourth-order valence-corrected chi connectivity index (χ4v) is 2.71. The lowest BCUT2D eigenvalue weighted by Crippen LogP contribution is -2.02. The Morgan fingerprint density at radius 2 is 2.15 bits per heavy atom. The summed E-state index contributed by atoms with van der Waals surface area (Å²) in [6.07, 6.45) is 2.45. The molecule has 1 rings (SSSR count). The zero-order valence-corrected chi connectivity index (χ0v) is 9.53. The molecule has 13 heavy (non-hydrogen) atoms. The first-order valence-corrected chi connectivity index (χ1v) is 5.86. The first-order valence-electron chi connectivity index (χ1n) is 4.98. The maximum atomic E-state index is 5.90. The molecule has 0 bridgehead atoms. The van der Waals surface area contributed by atoms with Crippen LogP contribution in [-0.4, -0.2) is 0 Å². The molecule has 0 amide bonds. The molecule has 0 radical (unpaired) electrons. The molecule has 0 fully saturated rings. The third-order valence-corrected chi connectivity index (χ3v) is 3.44. The first-order chi connectivity index (χ1) is 6.15. The number of nitrogen functional groups attached to an aromatic ring is 1. The van der Waals surface area contributed by atoms with E-state index in [1.54, 1.807) is 11.3 Å². The maximum absolute atomic E-state index is 5.90. The summed E-state index contributed by atoms with van der Waals surface area (Å²) in [5.74, 6) is 1.42. The Morgan fingerprint density at radius 3 is 2.54 bits per heavy atom. The van der Waals surface area contributed by atoms with Crippen LogP contribution in [0.1, 0.15) is 44.4 Å². The van der Waals surface area contributed by atoms with Gasteiger partial charge in [0.25, 0.3) is 0 Å². The van der Waals surface area contributed by atoms with Crippen molar-refractivity contribution in [3.8, 4) is 0 Å². The van der Waals surface area contributed by atoms with E-state index >= 15 is 0 Å². The van der Waals surface area contributed by atoms with Crippen LogP contribution in [0.15, 0.2) is 11.4 Å². The normalized spacial score (nSPS) is 13.5. The molecule has 1 atom stereocenters. The van der Waals surface area contributed by atoms with Crippen molar-refractivity contribution in [2.45, 2.75) is 39.5 Å². The molecular weight excluding hydrogens is 178 g/mol. The summed E-state index contributed by atoms with van der Waals surface area (Å²) in [6.45, 7) is 6.78. The van der Waals surface area contributed by atoms with E-state index in [1.165, 1.54) is 17.7 Å². The van der Waals surface area contributed by atoms with Gasteiger partial charge in [-0.15, -0.1) is 11.3 Å². The van der Waals surface area contributed by atoms with Crippen molar-refractivity contribution < 1.29 is 0 Å². The van der Waals surface area contributed by atoms with E-state index < -0.39 is 0 Å². The van der Waals surface area contributed by atoms with E-state index in [0.29, 0.717) is 5.92 Å². The fraction of sp³-hybridized carbons (Fsp3) is 0.636.